The molecule has 1 aromatic rings. The highest BCUT2D eigenvalue weighted by Crippen LogP contribution is 2.25. The van der Waals surface area contributed by atoms with E-state index in [-0.39, 0.29) is 17.6 Å². The summed E-state index contributed by atoms with van der Waals surface area (Å²) in [4.78, 5) is 12.2. The van der Waals surface area contributed by atoms with Gasteiger partial charge in [0.05, 0.1) is 11.6 Å². The smallest absolute Gasteiger partial charge is 0.251 e. The van der Waals surface area contributed by atoms with E-state index in [1.165, 1.54) is 0 Å². The van der Waals surface area contributed by atoms with Crippen molar-refractivity contribution in [3.8, 4) is 0 Å². The summed E-state index contributed by atoms with van der Waals surface area (Å²) in [5, 5.41) is 6.30. The standard InChI is InChI=1S/C15H22N2O2/c1-4-16-13-7-5-12(6-8-13)14(18)17-15(3)9-10-19-11(15)2/h5-8,11,16H,4,9-10H2,1-3H3,(H,17,18). The number of rotatable bonds is 4. The molecule has 0 spiro atoms. The number of hydrogen-bond acceptors (Lipinski definition) is 3. The summed E-state index contributed by atoms with van der Waals surface area (Å²) < 4.78 is 5.53. The molecule has 1 aliphatic heterocycles. The third-order valence-electron chi connectivity index (χ3n) is 3.81. The van der Waals surface area contributed by atoms with Crippen LogP contribution in [0.3, 0.4) is 0 Å². The van der Waals surface area contributed by atoms with Crippen molar-refractivity contribution in [2.24, 2.45) is 0 Å². The summed E-state index contributed by atoms with van der Waals surface area (Å²) in [6, 6.07) is 7.54. The summed E-state index contributed by atoms with van der Waals surface area (Å²) in [6.45, 7) is 7.66. The van der Waals surface area contributed by atoms with Gasteiger partial charge >= 0.3 is 0 Å². The van der Waals surface area contributed by atoms with Crippen LogP contribution in [0.15, 0.2) is 24.3 Å². The van der Waals surface area contributed by atoms with Crippen LogP contribution in [-0.4, -0.2) is 30.7 Å². The molecule has 0 bridgehead atoms. The van der Waals surface area contributed by atoms with Crippen molar-refractivity contribution in [2.45, 2.75) is 38.8 Å². The van der Waals surface area contributed by atoms with E-state index in [0.717, 1.165) is 18.7 Å². The van der Waals surface area contributed by atoms with Crippen LogP contribution < -0.4 is 10.6 Å². The Morgan fingerprint density at radius 1 is 1.42 bits per heavy atom. The second-order valence-electron chi connectivity index (χ2n) is 5.24. The molecule has 0 aliphatic carbocycles. The van der Waals surface area contributed by atoms with Gasteiger partial charge in [-0.25, -0.2) is 0 Å². The molecule has 2 unspecified atom stereocenters. The molecular formula is C15H22N2O2. The molecule has 0 aromatic heterocycles. The molecule has 2 rings (SSSR count). The first-order chi connectivity index (χ1) is 9.05. The van der Waals surface area contributed by atoms with Gasteiger partial charge in [0.2, 0.25) is 0 Å². The molecule has 0 radical (unpaired) electrons. The maximum Gasteiger partial charge on any atom is 0.251 e. The molecule has 1 saturated heterocycles. The number of hydrogen-bond donors (Lipinski definition) is 2. The Kier molecular flexibility index (Phi) is 4.10. The normalized spacial score (nSPS) is 26.2. The second kappa shape index (κ2) is 5.61. The van der Waals surface area contributed by atoms with Crippen molar-refractivity contribution in [1.82, 2.24) is 5.32 Å². The topological polar surface area (TPSA) is 50.4 Å². The first-order valence-electron chi connectivity index (χ1n) is 6.83. The zero-order valence-corrected chi connectivity index (χ0v) is 11.8. The Morgan fingerprint density at radius 3 is 2.63 bits per heavy atom. The number of anilines is 1. The number of ether oxygens (including phenoxy) is 1. The molecule has 1 aromatic carbocycles. The first-order valence-corrected chi connectivity index (χ1v) is 6.83. The van der Waals surface area contributed by atoms with Gasteiger partial charge in [0, 0.05) is 24.4 Å². The number of benzene rings is 1. The molecule has 19 heavy (non-hydrogen) atoms. The highest BCUT2D eigenvalue weighted by molar-refractivity contribution is 5.95. The van der Waals surface area contributed by atoms with E-state index in [0.29, 0.717) is 12.2 Å². The first kappa shape index (κ1) is 13.9. The fourth-order valence-corrected chi connectivity index (χ4v) is 2.27. The van der Waals surface area contributed by atoms with E-state index in [4.69, 9.17) is 4.74 Å². The molecule has 2 atom stereocenters. The highest BCUT2D eigenvalue weighted by atomic mass is 16.5. The fourth-order valence-electron chi connectivity index (χ4n) is 2.27. The predicted octanol–water partition coefficient (Wildman–Crippen LogP) is 2.42. The summed E-state index contributed by atoms with van der Waals surface area (Å²) in [7, 11) is 0. The third-order valence-corrected chi connectivity index (χ3v) is 3.81. The predicted molar refractivity (Wildman–Crippen MR) is 76.5 cm³/mol. The Morgan fingerprint density at radius 2 is 2.11 bits per heavy atom. The summed E-state index contributed by atoms with van der Waals surface area (Å²) in [5.74, 6) is -0.0390. The van der Waals surface area contributed by atoms with Crippen molar-refractivity contribution >= 4 is 11.6 Å². The van der Waals surface area contributed by atoms with E-state index >= 15 is 0 Å². The zero-order valence-electron chi connectivity index (χ0n) is 11.8. The quantitative estimate of drug-likeness (QED) is 0.876. The van der Waals surface area contributed by atoms with Crippen LogP contribution in [0.1, 0.15) is 37.6 Å². The van der Waals surface area contributed by atoms with Crippen LogP contribution in [0.4, 0.5) is 5.69 Å². The molecule has 1 fully saturated rings. The number of amides is 1. The Bertz CT molecular complexity index is 444. The number of carbonyl (C=O) groups excluding carboxylic acids is 1. The average Bonchev–Trinajstić information content (AvgIpc) is 2.70. The van der Waals surface area contributed by atoms with Crippen LogP contribution in [-0.2, 0) is 4.74 Å². The van der Waals surface area contributed by atoms with Gasteiger partial charge in [0.25, 0.3) is 5.91 Å². The van der Waals surface area contributed by atoms with Gasteiger partial charge in [-0.3, -0.25) is 4.79 Å². The minimum atomic E-state index is -0.266. The van der Waals surface area contributed by atoms with Gasteiger partial charge in [-0.1, -0.05) is 0 Å². The lowest BCUT2D eigenvalue weighted by Crippen LogP contribution is -2.50. The largest absolute Gasteiger partial charge is 0.385 e. The third kappa shape index (κ3) is 3.07. The maximum atomic E-state index is 12.2. The maximum absolute atomic E-state index is 12.2. The van der Waals surface area contributed by atoms with Crippen LogP contribution in [0.25, 0.3) is 0 Å². The minimum absolute atomic E-state index is 0.0390. The van der Waals surface area contributed by atoms with E-state index in [9.17, 15) is 4.79 Å². The van der Waals surface area contributed by atoms with Gasteiger partial charge in [0.15, 0.2) is 0 Å². The van der Waals surface area contributed by atoms with E-state index in [2.05, 4.69) is 10.6 Å². The monoisotopic (exact) mass is 262 g/mol. The molecular weight excluding hydrogens is 240 g/mol. The highest BCUT2D eigenvalue weighted by Gasteiger charge is 2.38. The molecule has 0 saturated carbocycles. The summed E-state index contributed by atoms with van der Waals surface area (Å²) in [6.07, 6.45) is 0.910. The molecule has 2 N–H and O–H groups in total. The lowest BCUT2D eigenvalue weighted by Gasteiger charge is -2.28. The van der Waals surface area contributed by atoms with Crippen molar-refractivity contribution in [3.63, 3.8) is 0 Å². The van der Waals surface area contributed by atoms with Crippen molar-refractivity contribution in [3.05, 3.63) is 29.8 Å². The Hall–Kier alpha value is -1.55. The molecule has 104 valence electrons. The van der Waals surface area contributed by atoms with Gasteiger partial charge in [-0.05, 0) is 51.5 Å². The van der Waals surface area contributed by atoms with Crippen LogP contribution in [0, 0.1) is 0 Å². The van der Waals surface area contributed by atoms with E-state index < -0.39 is 0 Å². The van der Waals surface area contributed by atoms with Gasteiger partial charge in [-0.2, -0.15) is 0 Å². The minimum Gasteiger partial charge on any atom is -0.385 e. The SMILES string of the molecule is CCNc1ccc(C(=O)NC2(C)CCOC2C)cc1. The van der Waals surface area contributed by atoms with Gasteiger partial charge in [0.1, 0.15) is 0 Å². The molecule has 1 amide bonds. The number of nitrogens with one attached hydrogen (secondary N) is 2. The zero-order chi connectivity index (χ0) is 13.9. The lowest BCUT2D eigenvalue weighted by atomic mass is 9.94. The van der Waals surface area contributed by atoms with Crippen molar-refractivity contribution in [1.29, 1.82) is 0 Å². The average molecular weight is 262 g/mol. The second-order valence-corrected chi connectivity index (χ2v) is 5.24. The molecule has 1 heterocycles. The van der Waals surface area contributed by atoms with E-state index in [1.807, 2.05) is 45.0 Å². The van der Waals surface area contributed by atoms with Crippen molar-refractivity contribution in [2.75, 3.05) is 18.5 Å². The van der Waals surface area contributed by atoms with Gasteiger partial charge in [-0.15, -0.1) is 0 Å². The Labute approximate surface area is 114 Å². The molecule has 4 heteroatoms. The van der Waals surface area contributed by atoms with Crippen LogP contribution in [0.5, 0.6) is 0 Å². The van der Waals surface area contributed by atoms with Gasteiger partial charge < -0.3 is 15.4 Å². The van der Waals surface area contributed by atoms with E-state index in [1.54, 1.807) is 0 Å². The summed E-state index contributed by atoms with van der Waals surface area (Å²) in [5.41, 5.74) is 1.45. The molecule has 4 nitrogen and oxygen atoms in total. The van der Waals surface area contributed by atoms with Crippen LogP contribution in [0.2, 0.25) is 0 Å². The number of carbonyl (C=O) groups is 1. The fraction of sp³-hybridized carbons (Fsp3) is 0.533. The van der Waals surface area contributed by atoms with Crippen LogP contribution >= 0.6 is 0 Å². The van der Waals surface area contributed by atoms with Crippen molar-refractivity contribution < 1.29 is 9.53 Å². The Balaban J connectivity index is 2.03. The molecule has 1 aliphatic rings. The summed E-state index contributed by atoms with van der Waals surface area (Å²) >= 11 is 0. The lowest BCUT2D eigenvalue weighted by molar-refractivity contribution is 0.0727.